The Hall–Kier alpha value is -4.12. The van der Waals surface area contributed by atoms with Crippen molar-refractivity contribution in [3.05, 3.63) is 112 Å². The second kappa shape index (κ2) is 8.19. The van der Waals surface area contributed by atoms with Crippen molar-refractivity contribution in [3.63, 3.8) is 0 Å². The zero-order valence-corrected chi connectivity index (χ0v) is 17.7. The molecule has 1 aliphatic rings. The molecule has 4 aromatic rings. The van der Waals surface area contributed by atoms with E-state index in [1.165, 1.54) is 0 Å². The van der Waals surface area contributed by atoms with Gasteiger partial charge < -0.3 is 9.67 Å². The van der Waals surface area contributed by atoms with Crippen LogP contribution in [0.1, 0.15) is 17.5 Å². The Balaban J connectivity index is 1.61. The molecule has 1 aliphatic heterocycles. The maximum Gasteiger partial charge on any atom is 0.263 e. The van der Waals surface area contributed by atoms with Gasteiger partial charge in [0.25, 0.3) is 5.56 Å². The second-order valence-electron chi connectivity index (χ2n) is 7.87. The van der Waals surface area contributed by atoms with Crippen molar-refractivity contribution in [1.29, 1.82) is 0 Å². The minimum atomic E-state index is -0.249. The quantitative estimate of drug-likeness (QED) is 0.508. The molecular formula is C27H23N3O2. The summed E-state index contributed by atoms with van der Waals surface area (Å²) in [6.07, 6.45) is 4.68. The predicted molar refractivity (Wildman–Crippen MR) is 130 cm³/mol. The molecule has 0 saturated carbocycles. The zero-order chi connectivity index (χ0) is 22.1. The molecule has 1 atom stereocenters. The van der Waals surface area contributed by atoms with Gasteiger partial charge in [-0.1, -0.05) is 72.8 Å². The smallest absolute Gasteiger partial charge is 0.263 e. The van der Waals surface area contributed by atoms with Crippen molar-refractivity contribution >= 4 is 28.4 Å². The largest absolute Gasteiger partial charge is 0.506 e. The number of hydrogen-bond acceptors (Lipinski definition) is 4. The number of hydrazone groups is 1. The van der Waals surface area contributed by atoms with Gasteiger partial charge in [0, 0.05) is 18.9 Å². The average Bonchev–Trinajstić information content (AvgIpc) is 3.26. The highest BCUT2D eigenvalue weighted by Gasteiger charge is 2.30. The van der Waals surface area contributed by atoms with Crippen molar-refractivity contribution in [2.24, 2.45) is 12.1 Å². The molecule has 32 heavy (non-hydrogen) atoms. The average molecular weight is 422 g/mol. The number of para-hydroxylation sites is 2. The van der Waals surface area contributed by atoms with Gasteiger partial charge in [-0.05, 0) is 29.8 Å². The molecule has 3 aromatic carbocycles. The van der Waals surface area contributed by atoms with E-state index in [4.69, 9.17) is 5.10 Å². The number of nitrogens with zero attached hydrogens (tertiary/aromatic N) is 3. The van der Waals surface area contributed by atoms with Crippen molar-refractivity contribution in [1.82, 2.24) is 4.57 Å². The molecule has 1 aromatic heterocycles. The summed E-state index contributed by atoms with van der Waals surface area (Å²) in [7, 11) is 1.73. The summed E-state index contributed by atoms with van der Waals surface area (Å²) in [4.78, 5) is 13.2. The van der Waals surface area contributed by atoms with E-state index in [-0.39, 0.29) is 22.9 Å². The monoisotopic (exact) mass is 421 g/mol. The number of pyridine rings is 1. The standard InChI is InChI=1S/C27H23N3O2/c1-29-24-15-9-8-14-22(24)26(31)25(27(29)32)23-18-21(17-16-19-10-4-2-5-11-19)30(28-23)20-12-6-3-7-13-20/h2-17,21,31H,18H2,1H3/b17-16+. The molecule has 0 aliphatic carbocycles. The van der Waals surface area contributed by atoms with E-state index in [9.17, 15) is 9.90 Å². The minimum Gasteiger partial charge on any atom is -0.506 e. The van der Waals surface area contributed by atoms with Crippen LogP contribution in [-0.2, 0) is 7.05 Å². The van der Waals surface area contributed by atoms with Gasteiger partial charge in [0.05, 0.1) is 23.0 Å². The first-order chi connectivity index (χ1) is 15.6. The van der Waals surface area contributed by atoms with Crippen LogP contribution >= 0.6 is 0 Å². The van der Waals surface area contributed by atoms with Crippen LogP contribution in [0.25, 0.3) is 17.0 Å². The first-order valence-electron chi connectivity index (χ1n) is 10.6. The highest BCUT2D eigenvalue weighted by Crippen LogP contribution is 2.32. The molecule has 0 amide bonds. The predicted octanol–water partition coefficient (Wildman–Crippen LogP) is 4.94. The molecule has 158 valence electrons. The van der Waals surface area contributed by atoms with Crippen LogP contribution in [-0.4, -0.2) is 21.4 Å². The number of anilines is 1. The first-order valence-corrected chi connectivity index (χ1v) is 10.6. The SMILES string of the molecule is Cn1c(=O)c(C2=NN(c3ccccc3)C(/C=C/c3ccccc3)C2)c(O)c2ccccc21. The van der Waals surface area contributed by atoms with E-state index in [0.717, 1.165) is 11.3 Å². The molecule has 1 N–H and O–H groups in total. The fraction of sp³-hybridized carbons (Fsp3) is 0.111. The molecular weight excluding hydrogens is 398 g/mol. The molecule has 5 nitrogen and oxygen atoms in total. The van der Waals surface area contributed by atoms with Crippen LogP contribution in [0.4, 0.5) is 5.69 Å². The van der Waals surface area contributed by atoms with Crippen molar-refractivity contribution < 1.29 is 5.11 Å². The zero-order valence-electron chi connectivity index (χ0n) is 17.7. The third-order valence-corrected chi connectivity index (χ3v) is 5.84. The van der Waals surface area contributed by atoms with E-state index >= 15 is 0 Å². The van der Waals surface area contributed by atoms with E-state index in [1.54, 1.807) is 11.6 Å². The molecule has 5 rings (SSSR count). The van der Waals surface area contributed by atoms with Crippen molar-refractivity contribution in [3.8, 4) is 5.75 Å². The Labute approximate surface area is 186 Å². The highest BCUT2D eigenvalue weighted by molar-refractivity contribution is 6.08. The summed E-state index contributed by atoms with van der Waals surface area (Å²) in [5, 5.41) is 18.4. The van der Waals surface area contributed by atoms with Crippen LogP contribution < -0.4 is 10.6 Å². The topological polar surface area (TPSA) is 57.8 Å². The Kier molecular flexibility index (Phi) is 5.07. The van der Waals surface area contributed by atoms with Gasteiger partial charge in [-0.25, -0.2) is 0 Å². The lowest BCUT2D eigenvalue weighted by Gasteiger charge is -2.20. The number of benzene rings is 3. The normalized spacial score (nSPS) is 16.1. The van der Waals surface area contributed by atoms with Gasteiger partial charge in [0.1, 0.15) is 11.3 Å². The Morgan fingerprint density at radius 3 is 2.34 bits per heavy atom. The molecule has 0 bridgehead atoms. The number of hydrogen-bond donors (Lipinski definition) is 1. The lowest BCUT2D eigenvalue weighted by Crippen LogP contribution is -2.25. The van der Waals surface area contributed by atoms with Gasteiger partial charge in [0.15, 0.2) is 0 Å². The van der Waals surface area contributed by atoms with Crippen LogP contribution in [0.2, 0.25) is 0 Å². The van der Waals surface area contributed by atoms with Crippen molar-refractivity contribution in [2.75, 3.05) is 5.01 Å². The van der Waals surface area contributed by atoms with Gasteiger partial charge in [-0.15, -0.1) is 0 Å². The first kappa shape index (κ1) is 19.8. The maximum absolute atomic E-state index is 13.2. The van der Waals surface area contributed by atoms with Crippen molar-refractivity contribution in [2.45, 2.75) is 12.5 Å². The third-order valence-electron chi connectivity index (χ3n) is 5.84. The van der Waals surface area contributed by atoms with Crippen LogP contribution in [0.15, 0.2) is 101 Å². The van der Waals surface area contributed by atoms with E-state index in [0.29, 0.717) is 23.0 Å². The Morgan fingerprint density at radius 1 is 0.938 bits per heavy atom. The third kappa shape index (κ3) is 3.48. The summed E-state index contributed by atoms with van der Waals surface area (Å²) in [6.45, 7) is 0. The van der Waals surface area contributed by atoms with Gasteiger partial charge in [0.2, 0.25) is 0 Å². The van der Waals surface area contributed by atoms with E-state index in [1.807, 2.05) is 89.9 Å². The Morgan fingerprint density at radius 2 is 1.59 bits per heavy atom. The fourth-order valence-electron chi connectivity index (χ4n) is 4.19. The lowest BCUT2D eigenvalue weighted by molar-refractivity contribution is 0.478. The summed E-state index contributed by atoms with van der Waals surface area (Å²) >= 11 is 0. The van der Waals surface area contributed by atoms with E-state index in [2.05, 4.69) is 12.2 Å². The van der Waals surface area contributed by atoms with E-state index < -0.39 is 0 Å². The summed E-state index contributed by atoms with van der Waals surface area (Å²) in [6, 6.07) is 27.3. The van der Waals surface area contributed by atoms with Crippen LogP contribution in [0, 0.1) is 0 Å². The molecule has 2 heterocycles. The maximum atomic E-state index is 13.2. The second-order valence-corrected chi connectivity index (χ2v) is 7.87. The summed E-state index contributed by atoms with van der Waals surface area (Å²) in [5.74, 6) is -0.0110. The van der Waals surface area contributed by atoms with Gasteiger partial charge in [-0.3, -0.25) is 9.80 Å². The number of rotatable bonds is 4. The number of fused-ring (bicyclic) bond motifs is 1. The van der Waals surface area contributed by atoms with Crippen LogP contribution in [0.3, 0.4) is 0 Å². The summed E-state index contributed by atoms with van der Waals surface area (Å²) < 4.78 is 1.58. The molecule has 0 radical (unpaired) electrons. The van der Waals surface area contributed by atoms with Crippen LogP contribution in [0.5, 0.6) is 5.75 Å². The summed E-state index contributed by atoms with van der Waals surface area (Å²) in [5.41, 5.74) is 3.32. The minimum absolute atomic E-state index is 0.0110. The highest BCUT2D eigenvalue weighted by atomic mass is 16.3. The molecule has 0 saturated heterocycles. The van der Waals surface area contributed by atoms with Gasteiger partial charge >= 0.3 is 0 Å². The number of aromatic nitrogens is 1. The molecule has 0 spiro atoms. The fourth-order valence-corrected chi connectivity index (χ4v) is 4.19. The Bertz CT molecular complexity index is 1390. The molecule has 5 heteroatoms. The van der Waals surface area contributed by atoms with Gasteiger partial charge in [-0.2, -0.15) is 5.10 Å². The molecule has 1 unspecified atom stereocenters. The molecule has 0 fully saturated rings. The number of aromatic hydroxyl groups is 1. The lowest BCUT2D eigenvalue weighted by atomic mass is 10.0. The number of aryl methyl sites for hydroxylation is 1.